The van der Waals surface area contributed by atoms with E-state index in [9.17, 15) is 9.50 Å². The van der Waals surface area contributed by atoms with Gasteiger partial charge in [0.2, 0.25) is 0 Å². The first-order valence-corrected chi connectivity index (χ1v) is 6.39. The van der Waals surface area contributed by atoms with Crippen LogP contribution in [-0.4, -0.2) is 30.9 Å². The van der Waals surface area contributed by atoms with Gasteiger partial charge in [-0.15, -0.1) is 0 Å². The normalized spacial score (nSPS) is 12.5. The molecule has 96 valence electrons. The summed E-state index contributed by atoms with van der Waals surface area (Å²) in [6.45, 7) is 3.42. The molecule has 1 rings (SSSR count). The van der Waals surface area contributed by atoms with Crippen LogP contribution in [0.15, 0.2) is 22.7 Å². The molecule has 0 aliphatic heterocycles. The lowest BCUT2D eigenvalue weighted by atomic mass is 10.3. The Morgan fingerprint density at radius 2 is 2.29 bits per heavy atom. The summed E-state index contributed by atoms with van der Waals surface area (Å²) in [5.41, 5.74) is 0. The zero-order chi connectivity index (χ0) is 12.7. The van der Waals surface area contributed by atoms with E-state index in [1.165, 1.54) is 6.07 Å². The maximum Gasteiger partial charge on any atom is 0.165 e. The number of halogens is 2. The van der Waals surface area contributed by atoms with Gasteiger partial charge in [-0.05, 0) is 31.2 Å². The molecular weight excluding hydrogens is 289 g/mol. The Morgan fingerprint density at radius 3 is 3.00 bits per heavy atom. The molecule has 0 aliphatic rings. The maximum absolute atomic E-state index is 13.3. The molecule has 0 fully saturated rings. The Balaban J connectivity index is 2.36. The third-order valence-electron chi connectivity index (χ3n) is 2.13. The fourth-order valence-corrected chi connectivity index (χ4v) is 1.62. The molecule has 5 heteroatoms. The fourth-order valence-electron chi connectivity index (χ4n) is 1.28. The minimum Gasteiger partial charge on any atom is -0.488 e. The van der Waals surface area contributed by atoms with Gasteiger partial charge < -0.3 is 15.2 Å². The van der Waals surface area contributed by atoms with Crippen LogP contribution in [0.4, 0.5) is 4.39 Å². The molecule has 0 heterocycles. The van der Waals surface area contributed by atoms with E-state index >= 15 is 0 Å². The number of aliphatic hydroxyl groups excluding tert-OH is 1. The SMILES string of the molecule is CCCNCC(O)COc1cc(Br)ccc1F. The van der Waals surface area contributed by atoms with Crippen molar-refractivity contribution in [3.05, 3.63) is 28.5 Å². The molecule has 3 nitrogen and oxygen atoms in total. The van der Waals surface area contributed by atoms with Gasteiger partial charge in [0.1, 0.15) is 12.7 Å². The summed E-state index contributed by atoms with van der Waals surface area (Å²) in [5, 5.41) is 12.6. The van der Waals surface area contributed by atoms with Gasteiger partial charge in [-0.25, -0.2) is 4.39 Å². The largest absolute Gasteiger partial charge is 0.488 e. The maximum atomic E-state index is 13.3. The number of hydrogen-bond donors (Lipinski definition) is 2. The van der Waals surface area contributed by atoms with Gasteiger partial charge in [-0.1, -0.05) is 22.9 Å². The number of rotatable bonds is 7. The molecule has 1 aromatic carbocycles. The van der Waals surface area contributed by atoms with E-state index in [2.05, 4.69) is 21.2 Å². The van der Waals surface area contributed by atoms with Crippen LogP contribution >= 0.6 is 15.9 Å². The highest BCUT2D eigenvalue weighted by Gasteiger charge is 2.08. The molecule has 0 saturated carbocycles. The van der Waals surface area contributed by atoms with Gasteiger partial charge in [0.05, 0.1) is 0 Å². The second-order valence-corrected chi connectivity index (χ2v) is 4.66. The monoisotopic (exact) mass is 305 g/mol. The van der Waals surface area contributed by atoms with Crippen molar-refractivity contribution in [2.24, 2.45) is 0 Å². The van der Waals surface area contributed by atoms with Crippen molar-refractivity contribution in [1.29, 1.82) is 0 Å². The fraction of sp³-hybridized carbons (Fsp3) is 0.500. The summed E-state index contributed by atoms with van der Waals surface area (Å²) in [6, 6.07) is 4.46. The van der Waals surface area contributed by atoms with E-state index in [0.29, 0.717) is 6.54 Å². The first-order chi connectivity index (χ1) is 8.13. The van der Waals surface area contributed by atoms with Crippen LogP contribution in [0.3, 0.4) is 0 Å². The average molecular weight is 306 g/mol. The van der Waals surface area contributed by atoms with Gasteiger partial charge in [-0.2, -0.15) is 0 Å². The van der Waals surface area contributed by atoms with Crippen LogP contribution < -0.4 is 10.1 Å². The number of benzene rings is 1. The molecule has 0 bridgehead atoms. The molecule has 0 aromatic heterocycles. The Hall–Kier alpha value is -0.650. The molecule has 0 spiro atoms. The molecule has 1 unspecified atom stereocenters. The van der Waals surface area contributed by atoms with Gasteiger partial charge in [0.15, 0.2) is 11.6 Å². The molecule has 0 aliphatic carbocycles. The Morgan fingerprint density at radius 1 is 1.53 bits per heavy atom. The van der Waals surface area contributed by atoms with Crippen molar-refractivity contribution in [3.63, 3.8) is 0 Å². The van der Waals surface area contributed by atoms with Crippen molar-refractivity contribution in [2.45, 2.75) is 19.4 Å². The van der Waals surface area contributed by atoms with Crippen LogP contribution in [0.25, 0.3) is 0 Å². The minimum atomic E-state index is -0.639. The summed E-state index contributed by atoms with van der Waals surface area (Å²) in [7, 11) is 0. The van der Waals surface area contributed by atoms with Crippen molar-refractivity contribution in [2.75, 3.05) is 19.7 Å². The molecule has 0 saturated heterocycles. The second kappa shape index (κ2) is 7.63. The Bertz CT molecular complexity index is 349. The minimum absolute atomic E-state index is 0.0735. The van der Waals surface area contributed by atoms with Crippen LogP contribution in [0.5, 0.6) is 5.75 Å². The van der Waals surface area contributed by atoms with Crippen molar-refractivity contribution in [1.82, 2.24) is 5.32 Å². The number of ether oxygens (including phenoxy) is 1. The predicted octanol–water partition coefficient (Wildman–Crippen LogP) is 2.33. The number of aliphatic hydroxyl groups is 1. The quantitative estimate of drug-likeness (QED) is 0.760. The van der Waals surface area contributed by atoms with Gasteiger partial charge in [-0.3, -0.25) is 0 Å². The lowest BCUT2D eigenvalue weighted by Gasteiger charge is -2.13. The summed E-state index contributed by atoms with van der Waals surface area (Å²) in [4.78, 5) is 0. The first kappa shape index (κ1) is 14.4. The predicted molar refractivity (Wildman–Crippen MR) is 68.8 cm³/mol. The van der Waals surface area contributed by atoms with E-state index in [0.717, 1.165) is 17.4 Å². The number of nitrogens with one attached hydrogen (secondary N) is 1. The molecule has 1 aromatic rings. The van der Waals surface area contributed by atoms with Crippen molar-refractivity contribution < 1.29 is 14.2 Å². The van der Waals surface area contributed by atoms with E-state index in [1.54, 1.807) is 12.1 Å². The smallest absolute Gasteiger partial charge is 0.165 e. The summed E-state index contributed by atoms with van der Waals surface area (Å²) < 4.78 is 19.2. The van der Waals surface area contributed by atoms with Gasteiger partial charge in [0, 0.05) is 11.0 Å². The molecular formula is C12H17BrFNO2. The lowest BCUT2D eigenvalue weighted by molar-refractivity contribution is 0.104. The number of hydrogen-bond acceptors (Lipinski definition) is 3. The third kappa shape index (κ3) is 5.48. The van der Waals surface area contributed by atoms with E-state index in [4.69, 9.17) is 4.74 Å². The second-order valence-electron chi connectivity index (χ2n) is 3.74. The van der Waals surface area contributed by atoms with Crippen LogP contribution in [0, 0.1) is 5.82 Å². The lowest BCUT2D eigenvalue weighted by Crippen LogP contribution is -2.31. The molecule has 17 heavy (non-hydrogen) atoms. The molecule has 2 N–H and O–H groups in total. The highest BCUT2D eigenvalue weighted by Crippen LogP contribution is 2.22. The standard InChI is InChI=1S/C12H17BrFNO2/c1-2-5-15-7-10(16)8-17-12-6-9(13)3-4-11(12)14/h3-4,6,10,15-16H,2,5,7-8H2,1H3. The van der Waals surface area contributed by atoms with Crippen molar-refractivity contribution in [3.8, 4) is 5.75 Å². The average Bonchev–Trinajstić information content (AvgIpc) is 2.31. The van der Waals surface area contributed by atoms with E-state index in [1.807, 2.05) is 6.92 Å². The Labute approximate surface area is 109 Å². The molecule has 0 amide bonds. The third-order valence-corrected chi connectivity index (χ3v) is 2.62. The van der Waals surface area contributed by atoms with E-state index in [-0.39, 0.29) is 12.4 Å². The zero-order valence-corrected chi connectivity index (χ0v) is 11.3. The highest BCUT2D eigenvalue weighted by molar-refractivity contribution is 9.10. The van der Waals surface area contributed by atoms with Crippen LogP contribution in [0.2, 0.25) is 0 Å². The zero-order valence-electron chi connectivity index (χ0n) is 9.75. The van der Waals surface area contributed by atoms with Gasteiger partial charge >= 0.3 is 0 Å². The Kier molecular flexibility index (Phi) is 6.47. The first-order valence-electron chi connectivity index (χ1n) is 5.60. The molecule has 0 radical (unpaired) electrons. The van der Waals surface area contributed by atoms with Gasteiger partial charge in [0.25, 0.3) is 0 Å². The topological polar surface area (TPSA) is 41.5 Å². The van der Waals surface area contributed by atoms with Crippen LogP contribution in [-0.2, 0) is 0 Å². The summed E-state index contributed by atoms with van der Waals surface area (Å²) in [6.07, 6.45) is 0.369. The van der Waals surface area contributed by atoms with Crippen LogP contribution in [0.1, 0.15) is 13.3 Å². The van der Waals surface area contributed by atoms with E-state index < -0.39 is 11.9 Å². The van der Waals surface area contributed by atoms with Crippen molar-refractivity contribution >= 4 is 15.9 Å². The molecule has 1 atom stereocenters. The highest BCUT2D eigenvalue weighted by atomic mass is 79.9. The summed E-state index contributed by atoms with van der Waals surface area (Å²) in [5.74, 6) is -0.282. The summed E-state index contributed by atoms with van der Waals surface area (Å²) >= 11 is 3.23.